The number of hydrogen-bond donors (Lipinski definition) is 0. The third-order valence-corrected chi connectivity index (χ3v) is 6.20. The molecule has 0 aromatic carbocycles. The van der Waals surface area contributed by atoms with Crippen LogP contribution in [-0.4, -0.2) is 32.1 Å². The van der Waals surface area contributed by atoms with E-state index >= 15 is 0 Å². The van der Waals surface area contributed by atoms with Crippen molar-refractivity contribution in [3.05, 3.63) is 27.1 Å². The Labute approximate surface area is 140 Å². The molecule has 3 heterocycles. The number of likely N-dealkylation sites (tertiary alicyclic amines) is 1. The number of nitrogens with zero attached hydrogens (tertiary/aromatic N) is 4. The molecule has 5 nitrogen and oxygen atoms in total. The molecule has 0 spiro atoms. The van der Waals surface area contributed by atoms with Gasteiger partial charge in [-0.3, -0.25) is 9.69 Å². The van der Waals surface area contributed by atoms with E-state index in [1.54, 1.807) is 6.07 Å². The minimum absolute atomic E-state index is 0.0530. The van der Waals surface area contributed by atoms with Crippen molar-refractivity contribution >= 4 is 16.3 Å². The van der Waals surface area contributed by atoms with Crippen LogP contribution in [0.2, 0.25) is 0 Å². The Morgan fingerprint density at radius 2 is 2.04 bits per heavy atom. The normalized spacial score (nSPS) is 23.8. The summed E-state index contributed by atoms with van der Waals surface area (Å²) in [6, 6.07) is 2.36. The third-order valence-electron chi connectivity index (χ3n) is 5.37. The molecular formula is C17H24N4OS. The van der Waals surface area contributed by atoms with Crippen LogP contribution >= 0.6 is 11.3 Å². The molecule has 1 saturated carbocycles. The number of fused-ring (bicyclic) bond motifs is 1. The fourth-order valence-corrected chi connectivity index (χ4v) is 5.11. The van der Waals surface area contributed by atoms with Gasteiger partial charge >= 0.3 is 0 Å². The van der Waals surface area contributed by atoms with Gasteiger partial charge in [0.1, 0.15) is 5.01 Å². The maximum Gasteiger partial charge on any atom is 0.275 e. The van der Waals surface area contributed by atoms with Crippen molar-refractivity contribution in [1.29, 1.82) is 0 Å². The summed E-state index contributed by atoms with van der Waals surface area (Å²) in [5.74, 6) is 0.849. The standard InChI is InChI=1S/C17H24N4OS/c1-12-19-21-16(22)10-14(18-17(21)23-12)11-20-9-5-8-15(20)13-6-3-2-4-7-13/h10,13,15H,2-9,11H2,1H3. The van der Waals surface area contributed by atoms with Crippen molar-refractivity contribution in [1.82, 2.24) is 19.5 Å². The van der Waals surface area contributed by atoms with E-state index in [0.29, 0.717) is 6.04 Å². The molecule has 0 N–H and O–H groups in total. The molecule has 4 rings (SSSR count). The molecule has 1 aliphatic heterocycles. The molecule has 1 atom stereocenters. The van der Waals surface area contributed by atoms with Gasteiger partial charge in [-0.15, -0.1) is 0 Å². The molecule has 0 bridgehead atoms. The van der Waals surface area contributed by atoms with Crippen molar-refractivity contribution < 1.29 is 0 Å². The quantitative estimate of drug-likeness (QED) is 0.867. The van der Waals surface area contributed by atoms with E-state index in [2.05, 4.69) is 15.0 Å². The third kappa shape index (κ3) is 3.06. The maximum absolute atomic E-state index is 12.2. The Balaban J connectivity index is 1.55. The van der Waals surface area contributed by atoms with Crippen molar-refractivity contribution in [2.24, 2.45) is 5.92 Å². The highest BCUT2D eigenvalue weighted by Crippen LogP contribution is 2.34. The fraction of sp³-hybridized carbons (Fsp3) is 0.706. The molecule has 1 aliphatic carbocycles. The summed E-state index contributed by atoms with van der Waals surface area (Å²) in [5, 5.41) is 5.10. The molecule has 0 amide bonds. The van der Waals surface area contributed by atoms with Gasteiger partial charge in [0.15, 0.2) is 0 Å². The first-order chi connectivity index (χ1) is 11.2. The lowest BCUT2D eigenvalue weighted by Crippen LogP contribution is -2.36. The van der Waals surface area contributed by atoms with Crippen LogP contribution < -0.4 is 5.56 Å². The maximum atomic E-state index is 12.2. The smallest absolute Gasteiger partial charge is 0.275 e. The van der Waals surface area contributed by atoms with Gasteiger partial charge in [0, 0.05) is 18.7 Å². The van der Waals surface area contributed by atoms with E-state index in [4.69, 9.17) is 0 Å². The first kappa shape index (κ1) is 15.3. The average Bonchev–Trinajstić information content (AvgIpc) is 3.14. The largest absolute Gasteiger partial charge is 0.294 e. The molecule has 124 valence electrons. The van der Waals surface area contributed by atoms with Crippen molar-refractivity contribution in [2.45, 2.75) is 64.5 Å². The molecule has 2 aliphatic rings. The van der Waals surface area contributed by atoms with Crippen LogP contribution in [0.4, 0.5) is 0 Å². The molecule has 2 aromatic rings. The van der Waals surface area contributed by atoms with E-state index in [0.717, 1.165) is 34.7 Å². The Hall–Kier alpha value is -1.27. The molecule has 1 unspecified atom stereocenters. The summed E-state index contributed by atoms with van der Waals surface area (Å²) in [7, 11) is 0. The van der Waals surface area contributed by atoms with Gasteiger partial charge < -0.3 is 0 Å². The van der Waals surface area contributed by atoms with Gasteiger partial charge in [0.25, 0.3) is 5.56 Å². The van der Waals surface area contributed by atoms with Crippen LogP contribution in [0.25, 0.3) is 4.96 Å². The molecule has 1 saturated heterocycles. The topological polar surface area (TPSA) is 50.5 Å². The summed E-state index contributed by atoms with van der Waals surface area (Å²) in [5.41, 5.74) is 0.851. The Morgan fingerprint density at radius 3 is 2.87 bits per heavy atom. The summed E-state index contributed by atoms with van der Waals surface area (Å²) < 4.78 is 1.42. The zero-order chi connectivity index (χ0) is 15.8. The first-order valence-electron chi connectivity index (χ1n) is 8.81. The minimum Gasteiger partial charge on any atom is -0.294 e. The van der Waals surface area contributed by atoms with Crippen LogP contribution in [0.3, 0.4) is 0 Å². The summed E-state index contributed by atoms with van der Waals surface area (Å²) in [6.07, 6.45) is 9.53. The predicted molar refractivity (Wildman–Crippen MR) is 91.9 cm³/mol. The van der Waals surface area contributed by atoms with E-state index < -0.39 is 0 Å². The fourth-order valence-electron chi connectivity index (χ4n) is 4.34. The van der Waals surface area contributed by atoms with Crippen molar-refractivity contribution in [3.8, 4) is 0 Å². The van der Waals surface area contributed by atoms with E-state index in [-0.39, 0.29) is 5.56 Å². The van der Waals surface area contributed by atoms with Gasteiger partial charge in [-0.1, -0.05) is 30.6 Å². The number of aryl methyl sites for hydroxylation is 1. The lowest BCUT2D eigenvalue weighted by atomic mass is 9.83. The van der Waals surface area contributed by atoms with Crippen LogP contribution in [-0.2, 0) is 6.54 Å². The number of hydrogen-bond acceptors (Lipinski definition) is 5. The highest BCUT2D eigenvalue weighted by Gasteiger charge is 2.32. The second-order valence-electron chi connectivity index (χ2n) is 6.98. The SMILES string of the molecule is Cc1nn2c(=O)cc(CN3CCCC3C3CCCCC3)nc2s1. The van der Waals surface area contributed by atoms with E-state index in [9.17, 15) is 4.79 Å². The second kappa shape index (κ2) is 6.32. The van der Waals surface area contributed by atoms with Crippen LogP contribution in [0.5, 0.6) is 0 Å². The number of aromatic nitrogens is 3. The lowest BCUT2D eigenvalue weighted by molar-refractivity contribution is 0.150. The Kier molecular flexibility index (Phi) is 4.20. The van der Waals surface area contributed by atoms with Gasteiger partial charge in [-0.05, 0) is 45.1 Å². The highest BCUT2D eigenvalue weighted by atomic mass is 32.1. The van der Waals surface area contributed by atoms with E-state index in [1.165, 1.54) is 60.8 Å². The van der Waals surface area contributed by atoms with Gasteiger partial charge in [0.2, 0.25) is 4.96 Å². The van der Waals surface area contributed by atoms with Crippen LogP contribution in [0, 0.1) is 12.8 Å². The zero-order valence-electron chi connectivity index (χ0n) is 13.7. The second-order valence-corrected chi connectivity index (χ2v) is 8.14. The lowest BCUT2D eigenvalue weighted by Gasteiger charge is -2.33. The number of rotatable bonds is 3. The van der Waals surface area contributed by atoms with Crippen molar-refractivity contribution in [2.75, 3.05) is 6.54 Å². The Bertz CT molecular complexity index is 747. The summed E-state index contributed by atoms with van der Waals surface area (Å²) in [6.45, 7) is 3.87. The highest BCUT2D eigenvalue weighted by molar-refractivity contribution is 7.16. The first-order valence-corrected chi connectivity index (χ1v) is 9.63. The molecule has 23 heavy (non-hydrogen) atoms. The molecule has 0 radical (unpaired) electrons. The molecule has 6 heteroatoms. The van der Waals surface area contributed by atoms with Gasteiger partial charge in [-0.25, -0.2) is 4.98 Å². The minimum atomic E-state index is -0.0530. The summed E-state index contributed by atoms with van der Waals surface area (Å²) in [4.78, 5) is 20.2. The van der Waals surface area contributed by atoms with E-state index in [1.807, 2.05) is 6.92 Å². The summed E-state index contributed by atoms with van der Waals surface area (Å²) >= 11 is 1.49. The van der Waals surface area contributed by atoms with Gasteiger partial charge in [-0.2, -0.15) is 9.61 Å². The molecular weight excluding hydrogens is 308 g/mol. The Morgan fingerprint density at radius 1 is 1.22 bits per heavy atom. The molecule has 2 aromatic heterocycles. The van der Waals surface area contributed by atoms with Crippen molar-refractivity contribution in [3.63, 3.8) is 0 Å². The predicted octanol–water partition coefficient (Wildman–Crippen LogP) is 3.00. The van der Waals surface area contributed by atoms with Crippen LogP contribution in [0.15, 0.2) is 10.9 Å². The molecule has 2 fully saturated rings. The zero-order valence-corrected chi connectivity index (χ0v) is 14.5. The van der Waals surface area contributed by atoms with Crippen LogP contribution in [0.1, 0.15) is 55.6 Å². The van der Waals surface area contributed by atoms with Gasteiger partial charge in [0.05, 0.1) is 5.69 Å². The average molecular weight is 332 g/mol. The monoisotopic (exact) mass is 332 g/mol.